The zero-order valence-electron chi connectivity index (χ0n) is 22.4. The Morgan fingerprint density at radius 2 is 1.85 bits per heavy atom. The number of rotatable bonds is 7. The lowest BCUT2D eigenvalue weighted by atomic mass is 9.95. The van der Waals surface area contributed by atoms with Gasteiger partial charge in [0.1, 0.15) is 18.2 Å². The number of ether oxygens (including phenoxy) is 2. The second-order valence-corrected chi connectivity index (χ2v) is 12.2. The molecule has 0 N–H and O–H groups in total. The molecule has 3 aromatic carbocycles. The zero-order chi connectivity index (χ0) is 29.3. The van der Waals surface area contributed by atoms with Crippen molar-refractivity contribution >= 4 is 55.2 Å². The molecule has 0 aliphatic carbocycles. The van der Waals surface area contributed by atoms with Crippen LogP contribution in [-0.2, 0) is 16.1 Å². The van der Waals surface area contributed by atoms with Crippen molar-refractivity contribution in [2.75, 3.05) is 6.61 Å². The van der Waals surface area contributed by atoms with Gasteiger partial charge in [0.25, 0.3) is 5.56 Å². The quantitative estimate of drug-likeness (QED) is 0.211. The summed E-state index contributed by atoms with van der Waals surface area (Å²) in [5.41, 5.74) is 3.38. The Balaban J connectivity index is 1.65. The van der Waals surface area contributed by atoms with Crippen LogP contribution in [0.5, 0.6) is 5.75 Å². The standard InChI is InChI=1S/C31H25Br2FN2O4S/c1-4-39-30(38)26-18(3)35-31-36(27(26)19-11-9-17(2)10-12-19)29(37)25(41-31)14-21-13-22(32)15-23(33)28(21)40-16-20-7-5-6-8-24(20)34/h5-15,27H,4,16H2,1-3H3/b25-14-/t27-/m0/s1. The third-order valence-electron chi connectivity index (χ3n) is 6.56. The van der Waals surface area contributed by atoms with Crippen molar-refractivity contribution in [3.63, 3.8) is 0 Å². The highest BCUT2D eigenvalue weighted by Gasteiger charge is 2.33. The molecule has 0 amide bonds. The molecule has 0 bridgehead atoms. The molecule has 0 fully saturated rings. The van der Waals surface area contributed by atoms with Crippen LogP contribution < -0.4 is 19.6 Å². The lowest BCUT2D eigenvalue weighted by Crippen LogP contribution is -2.39. The van der Waals surface area contributed by atoms with E-state index >= 15 is 0 Å². The normalized spacial score (nSPS) is 15.0. The number of fused-ring (bicyclic) bond motifs is 1. The molecule has 0 spiro atoms. The smallest absolute Gasteiger partial charge is 0.338 e. The summed E-state index contributed by atoms with van der Waals surface area (Å²) in [6.45, 7) is 5.68. The third-order valence-corrected chi connectivity index (χ3v) is 8.59. The van der Waals surface area contributed by atoms with E-state index in [0.29, 0.717) is 42.0 Å². The molecule has 4 aromatic rings. The molecule has 5 rings (SSSR count). The largest absolute Gasteiger partial charge is 0.487 e. The van der Waals surface area contributed by atoms with E-state index in [4.69, 9.17) is 9.47 Å². The van der Waals surface area contributed by atoms with Gasteiger partial charge in [-0.3, -0.25) is 9.36 Å². The first-order valence-electron chi connectivity index (χ1n) is 12.8. The van der Waals surface area contributed by atoms with E-state index in [1.165, 1.54) is 17.4 Å². The van der Waals surface area contributed by atoms with Crippen molar-refractivity contribution in [1.82, 2.24) is 4.57 Å². The first-order valence-corrected chi connectivity index (χ1v) is 15.2. The minimum atomic E-state index is -0.695. The van der Waals surface area contributed by atoms with Crippen LogP contribution in [-0.4, -0.2) is 17.1 Å². The zero-order valence-corrected chi connectivity index (χ0v) is 26.4. The summed E-state index contributed by atoms with van der Waals surface area (Å²) in [5, 5.41) is 0. The van der Waals surface area contributed by atoms with Crippen molar-refractivity contribution in [2.24, 2.45) is 4.99 Å². The van der Waals surface area contributed by atoms with Crippen molar-refractivity contribution in [3.05, 3.63) is 129 Å². The first kappa shape index (κ1) is 29.2. The molecule has 0 saturated carbocycles. The monoisotopic (exact) mass is 698 g/mol. The van der Waals surface area contributed by atoms with Gasteiger partial charge in [0.15, 0.2) is 4.80 Å². The second-order valence-electron chi connectivity index (χ2n) is 9.40. The SMILES string of the molecule is CCOC(=O)C1=C(C)N=c2s/c(=C\c3cc(Br)cc(Br)c3OCc3ccccc3F)c(=O)n2[C@H]1c1ccc(C)cc1. The Morgan fingerprint density at radius 3 is 2.56 bits per heavy atom. The number of thiazole rings is 1. The number of carbonyl (C=O) groups is 1. The van der Waals surface area contributed by atoms with Crippen molar-refractivity contribution < 1.29 is 18.7 Å². The summed E-state index contributed by atoms with van der Waals surface area (Å²) >= 11 is 8.28. The van der Waals surface area contributed by atoms with Crippen LogP contribution in [0.2, 0.25) is 0 Å². The van der Waals surface area contributed by atoms with Gasteiger partial charge in [-0.2, -0.15) is 0 Å². The van der Waals surface area contributed by atoms with Gasteiger partial charge in [-0.15, -0.1) is 0 Å². The fourth-order valence-corrected chi connectivity index (χ4v) is 7.01. The molecular weight excluding hydrogens is 675 g/mol. The van der Waals surface area contributed by atoms with Gasteiger partial charge < -0.3 is 9.47 Å². The first-order chi connectivity index (χ1) is 19.7. The van der Waals surface area contributed by atoms with E-state index in [-0.39, 0.29) is 24.6 Å². The predicted octanol–water partition coefficient (Wildman–Crippen LogP) is 6.35. The molecule has 1 atom stereocenters. The number of halogens is 3. The van der Waals surface area contributed by atoms with E-state index in [9.17, 15) is 14.0 Å². The third kappa shape index (κ3) is 6.00. The molecule has 41 heavy (non-hydrogen) atoms. The van der Waals surface area contributed by atoms with Gasteiger partial charge >= 0.3 is 5.97 Å². The van der Waals surface area contributed by atoms with Crippen LogP contribution in [0.25, 0.3) is 6.08 Å². The summed E-state index contributed by atoms with van der Waals surface area (Å²) in [7, 11) is 0. The summed E-state index contributed by atoms with van der Waals surface area (Å²) in [4.78, 5) is 32.2. The fraction of sp³-hybridized carbons (Fsp3) is 0.194. The van der Waals surface area contributed by atoms with Crippen molar-refractivity contribution in [3.8, 4) is 5.75 Å². The van der Waals surface area contributed by atoms with Gasteiger partial charge in [0, 0.05) is 15.6 Å². The molecule has 0 saturated heterocycles. The average molecular weight is 700 g/mol. The summed E-state index contributed by atoms with van der Waals surface area (Å²) in [5.74, 6) is -0.409. The number of aryl methyl sites for hydroxylation is 1. The minimum absolute atomic E-state index is 0.00448. The maximum atomic E-state index is 14.3. The molecule has 0 unspecified atom stereocenters. The van der Waals surface area contributed by atoms with Gasteiger partial charge in [0.2, 0.25) is 0 Å². The maximum Gasteiger partial charge on any atom is 0.338 e. The average Bonchev–Trinajstić information content (AvgIpc) is 3.23. The number of aromatic nitrogens is 1. The Labute approximate surface area is 256 Å². The number of hydrogen-bond acceptors (Lipinski definition) is 6. The lowest BCUT2D eigenvalue weighted by Gasteiger charge is -2.24. The molecule has 1 aromatic heterocycles. The number of hydrogen-bond donors (Lipinski definition) is 0. The van der Waals surface area contributed by atoms with E-state index < -0.39 is 12.0 Å². The number of allylic oxidation sites excluding steroid dienone is 1. The molecular formula is C31H25Br2FN2O4S. The van der Waals surface area contributed by atoms with Crippen LogP contribution in [0.4, 0.5) is 4.39 Å². The highest BCUT2D eigenvalue weighted by molar-refractivity contribution is 9.11. The topological polar surface area (TPSA) is 69.9 Å². The predicted molar refractivity (Wildman–Crippen MR) is 164 cm³/mol. The lowest BCUT2D eigenvalue weighted by molar-refractivity contribution is -0.139. The fourth-order valence-electron chi connectivity index (χ4n) is 4.60. The molecule has 1 aliphatic heterocycles. The Bertz CT molecular complexity index is 1860. The summed E-state index contributed by atoms with van der Waals surface area (Å²) < 4.78 is 29.0. The Morgan fingerprint density at radius 1 is 1.12 bits per heavy atom. The number of carbonyl (C=O) groups excluding carboxylic acids is 1. The summed E-state index contributed by atoms with van der Waals surface area (Å²) in [6, 6.07) is 17.1. The van der Waals surface area contributed by atoms with Crippen molar-refractivity contribution in [1.29, 1.82) is 0 Å². The number of benzene rings is 3. The molecule has 0 radical (unpaired) electrons. The van der Waals surface area contributed by atoms with E-state index in [1.54, 1.807) is 42.7 Å². The number of esters is 1. The van der Waals surface area contributed by atoms with E-state index in [0.717, 1.165) is 15.6 Å². The maximum absolute atomic E-state index is 14.3. The highest BCUT2D eigenvalue weighted by atomic mass is 79.9. The molecule has 10 heteroatoms. The minimum Gasteiger partial charge on any atom is -0.487 e. The van der Waals surface area contributed by atoms with Gasteiger partial charge in [-0.25, -0.2) is 14.2 Å². The molecule has 6 nitrogen and oxygen atoms in total. The van der Waals surface area contributed by atoms with Crippen LogP contribution in [0.15, 0.2) is 90.7 Å². The van der Waals surface area contributed by atoms with Crippen molar-refractivity contribution in [2.45, 2.75) is 33.4 Å². The number of nitrogens with zero attached hydrogens (tertiary/aromatic N) is 2. The van der Waals surface area contributed by atoms with E-state index in [1.807, 2.05) is 43.3 Å². The van der Waals surface area contributed by atoms with Gasteiger partial charge in [-0.05, 0) is 66.5 Å². The van der Waals surface area contributed by atoms with Crippen LogP contribution in [0.3, 0.4) is 0 Å². The van der Waals surface area contributed by atoms with E-state index in [2.05, 4.69) is 36.9 Å². The molecule has 2 heterocycles. The van der Waals surface area contributed by atoms with Crippen LogP contribution >= 0.6 is 43.2 Å². The summed E-state index contributed by atoms with van der Waals surface area (Å²) in [6.07, 6.45) is 1.73. The second kappa shape index (κ2) is 12.3. The highest BCUT2D eigenvalue weighted by Crippen LogP contribution is 2.35. The van der Waals surface area contributed by atoms with Crippen LogP contribution in [0.1, 0.15) is 42.1 Å². The van der Waals surface area contributed by atoms with Gasteiger partial charge in [-0.1, -0.05) is 75.3 Å². The molecule has 1 aliphatic rings. The Kier molecular flexibility index (Phi) is 8.72. The van der Waals surface area contributed by atoms with Crippen LogP contribution in [0, 0.1) is 12.7 Å². The Hall–Kier alpha value is -3.34. The van der Waals surface area contributed by atoms with Gasteiger partial charge in [0.05, 0.1) is 32.9 Å². The molecule has 210 valence electrons.